The maximum atomic E-state index is 11.8. The Labute approximate surface area is 120 Å². The second kappa shape index (κ2) is 7.92. The van der Waals surface area contributed by atoms with Crippen LogP contribution in [0.15, 0.2) is 11.6 Å². The number of carbonyl (C=O) groups is 2. The molecule has 1 aliphatic rings. The van der Waals surface area contributed by atoms with Gasteiger partial charge in [0.15, 0.2) is 0 Å². The SMILES string of the molecule is CCCC(C)(NC(=O)NCCC1=CCCCC1)C(=O)O. The van der Waals surface area contributed by atoms with Crippen molar-refractivity contribution in [1.82, 2.24) is 10.6 Å². The molecule has 0 aromatic rings. The molecule has 1 atom stereocenters. The Kier molecular flexibility index (Phi) is 6.55. The zero-order chi connectivity index (χ0) is 15.0. The van der Waals surface area contributed by atoms with Gasteiger partial charge in [0.1, 0.15) is 5.54 Å². The van der Waals surface area contributed by atoms with Crippen molar-refractivity contribution in [1.29, 1.82) is 0 Å². The number of urea groups is 1. The monoisotopic (exact) mass is 282 g/mol. The van der Waals surface area contributed by atoms with E-state index in [1.54, 1.807) is 6.92 Å². The predicted octanol–water partition coefficient (Wildman–Crippen LogP) is 2.82. The molecular weight excluding hydrogens is 256 g/mol. The highest BCUT2D eigenvalue weighted by atomic mass is 16.4. The third-order valence-electron chi connectivity index (χ3n) is 3.73. The minimum atomic E-state index is -1.19. The second-order valence-electron chi connectivity index (χ2n) is 5.63. The van der Waals surface area contributed by atoms with Crippen LogP contribution in [0.4, 0.5) is 4.79 Å². The summed E-state index contributed by atoms with van der Waals surface area (Å²) in [5, 5.41) is 14.5. The summed E-state index contributed by atoms with van der Waals surface area (Å²) in [7, 11) is 0. The van der Waals surface area contributed by atoms with Gasteiger partial charge in [0.2, 0.25) is 0 Å². The van der Waals surface area contributed by atoms with Crippen molar-refractivity contribution in [2.24, 2.45) is 0 Å². The topological polar surface area (TPSA) is 78.4 Å². The fourth-order valence-corrected chi connectivity index (χ4v) is 2.49. The van der Waals surface area contributed by atoms with Gasteiger partial charge in [0.05, 0.1) is 0 Å². The molecule has 0 aliphatic heterocycles. The summed E-state index contributed by atoms with van der Waals surface area (Å²) in [6.45, 7) is 4.00. The molecule has 0 saturated carbocycles. The fourth-order valence-electron chi connectivity index (χ4n) is 2.49. The molecule has 0 saturated heterocycles. The van der Waals surface area contributed by atoms with Crippen LogP contribution in [0.3, 0.4) is 0 Å². The highest BCUT2D eigenvalue weighted by Gasteiger charge is 2.33. The molecule has 3 N–H and O–H groups in total. The van der Waals surface area contributed by atoms with Gasteiger partial charge in [-0.05, 0) is 45.4 Å². The number of amides is 2. The van der Waals surface area contributed by atoms with Crippen molar-refractivity contribution in [2.45, 2.75) is 64.3 Å². The summed E-state index contributed by atoms with van der Waals surface area (Å²) in [6.07, 6.45) is 8.96. The third-order valence-corrected chi connectivity index (χ3v) is 3.73. The standard InChI is InChI=1S/C15H26N2O3/c1-3-10-15(2,13(18)19)17-14(20)16-11-9-12-7-5-4-6-8-12/h7H,3-6,8-11H2,1-2H3,(H,18,19)(H2,16,17,20). The summed E-state index contributed by atoms with van der Waals surface area (Å²) in [6, 6.07) is -0.403. The lowest BCUT2D eigenvalue weighted by molar-refractivity contribution is -0.144. The Morgan fingerprint density at radius 1 is 1.40 bits per heavy atom. The van der Waals surface area contributed by atoms with Gasteiger partial charge in [-0.2, -0.15) is 0 Å². The van der Waals surface area contributed by atoms with Crippen molar-refractivity contribution in [3.05, 3.63) is 11.6 Å². The molecule has 0 bridgehead atoms. The number of aliphatic carboxylic acids is 1. The number of nitrogens with one attached hydrogen (secondary N) is 2. The molecule has 5 nitrogen and oxygen atoms in total. The van der Waals surface area contributed by atoms with Crippen LogP contribution in [0.2, 0.25) is 0 Å². The van der Waals surface area contributed by atoms with E-state index in [0.717, 1.165) is 19.3 Å². The van der Waals surface area contributed by atoms with Gasteiger partial charge in [0, 0.05) is 6.54 Å². The summed E-state index contributed by atoms with van der Waals surface area (Å²) in [5.74, 6) is -0.996. The maximum absolute atomic E-state index is 11.8. The van der Waals surface area contributed by atoms with Crippen LogP contribution >= 0.6 is 0 Å². The minimum Gasteiger partial charge on any atom is -0.480 e. The van der Waals surface area contributed by atoms with E-state index in [1.165, 1.54) is 18.4 Å². The molecule has 0 heterocycles. The molecule has 114 valence electrons. The fraction of sp³-hybridized carbons (Fsp3) is 0.733. The molecule has 0 spiro atoms. The Hall–Kier alpha value is -1.52. The lowest BCUT2D eigenvalue weighted by Crippen LogP contribution is -2.55. The van der Waals surface area contributed by atoms with Gasteiger partial charge in [0.25, 0.3) is 0 Å². The van der Waals surface area contributed by atoms with Crippen molar-refractivity contribution in [3.63, 3.8) is 0 Å². The van der Waals surface area contributed by atoms with Crippen molar-refractivity contribution < 1.29 is 14.7 Å². The van der Waals surface area contributed by atoms with Crippen molar-refractivity contribution in [2.75, 3.05) is 6.54 Å². The molecule has 0 aromatic carbocycles. The minimum absolute atomic E-state index is 0.403. The number of rotatable bonds is 7. The molecule has 0 aromatic heterocycles. The third kappa shape index (κ3) is 5.23. The van der Waals surface area contributed by atoms with Gasteiger partial charge in [-0.1, -0.05) is 25.0 Å². The van der Waals surface area contributed by atoms with Gasteiger partial charge in [-0.15, -0.1) is 0 Å². The highest BCUT2D eigenvalue weighted by Crippen LogP contribution is 2.19. The van der Waals surface area contributed by atoms with E-state index in [-0.39, 0.29) is 0 Å². The van der Waals surface area contributed by atoms with Crippen LogP contribution in [-0.2, 0) is 4.79 Å². The Bertz CT molecular complexity index is 379. The van der Waals surface area contributed by atoms with E-state index in [4.69, 9.17) is 0 Å². The summed E-state index contributed by atoms with van der Waals surface area (Å²) in [4.78, 5) is 23.0. The Morgan fingerprint density at radius 3 is 2.70 bits per heavy atom. The van der Waals surface area contributed by atoms with Gasteiger partial charge >= 0.3 is 12.0 Å². The normalized spacial score (nSPS) is 17.8. The lowest BCUT2D eigenvalue weighted by Gasteiger charge is -2.26. The first-order chi connectivity index (χ1) is 9.48. The average molecular weight is 282 g/mol. The lowest BCUT2D eigenvalue weighted by atomic mass is 9.96. The maximum Gasteiger partial charge on any atom is 0.329 e. The smallest absolute Gasteiger partial charge is 0.329 e. The molecule has 0 fully saturated rings. The average Bonchev–Trinajstić information content (AvgIpc) is 2.40. The number of hydrogen-bond acceptors (Lipinski definition) is 2. The molecule has 1 rings (SSSR count). The number of carboxylic acid groups (broad SMARTS) is 1. The molecule has 5 heteroatoms. The number of carbonyl (C=O) groups excluding carboxylic acids is 1. The summed E-state index contributed by atoms with van der Waals surface area (Å²) < 4.78 is 0. The Morgan fingerprint density at radius 2 is 2.15 bits per heavy atom. The van der Waals surface area contributed by atoms with E-state index in [2.05, 4.69) is 16.7 Å². The van der Waals surface area contributed by atoms with Crippen LogP contribution in [0.1, 0.15) is 58.8 Å². The molecular formula is C15H26N2O3. The van der Waals surface area contributed by atoms with Crippen molar-refractivity contribution >= 4 is 12.0 Å². The van der Waals surface area contributed by atoms with E-state index in [1.807, 2.05) is 6.92 Å². The van der Waals surface area contributed by atoms with Gasteiger partial charge < -0.3 is 15.7 Å². The van der Waals surface area contributed by atoms with Crippen molar-refractivity contribution in [3.8, 4) is 0 Å². The zero-order valence-corrected chi connectivity index (χ0v) is 12.5. The molecule has 2 amide bonds. The zero-order valence-electron chi connectivity index (χ0n) is 12.5. The quantitative estimate of drug-likeness (QED) is 0.628. The van der Waals surface area contributed by atoms with Crippen LogP contribution in [0, 0.1) is 0 Å². The van der Waals surface area contributed by atoms with Crippen LogP contribution in [-0.4, -0.2) is 29.2 Å². The summed E-state index contributed by atoms with van der Waals surface area (Å²) >= 11 is 0. The molecule has 20 heavy (non-hydrogen) atoms. The largest absolute Gasteiger partial charge is 0.480 e. The van der Waals surface area contributed by atoms with Crippen LogP contribution in [0.5, 0.6) is 0 Å². The molecule has 0 radical (unpaired) electrons. The first kappa shape index (κ1) is 16.5. The van der Waals surface area contributed by atoms with Gasteiger partial charge in [-0.3, -0.25) is 0 Å². The van der Waals surface area contributed by atoms with Gasteiger partial charge in [-0.25, -0.2) is 9.59 Å². The molecule has 1 aliphatic carbocycles. The number of allylic oxidation sites excluding steroid dienone is 1. The highest BCUT2D eigenvalue weighted by molar-refractivity contribution is 5.85. The number of hydrogen-bond donors (Lipinski definition) is 3. The van der Waals surface area contributed by atoms with Crippen LogP contribution in [0.25, 0.3) is 0 Å². The summed E-state index contributed by atoms with van der Waals surface area (Å²) in [5.41, 5.74) is 0.203. The molecule has 1 unspecified atom stereocenters. The number of carboxylic acids is 1. The second-order valence-corrected chi connectivity index (χ2v) is 5.63. The van der Waals surface area contributed by atoms with Crippen LogP contribution < -0.4 is 10.6 Å². The van der Waals surface area contributed by atoms with E-state index in [0.29, 0.717) is 19.4 Å². The van der Waals surface area contributed by atoms with E-state index >= 15 is 0 Å². The Balaban J connectivity index is 2.34. The van der Waals surface area contributed by atoms with E-state index in [9.17, 15) is 14.7 Å². The van der Waals surface area contributed by atoms with E-state index < -0.39 is 17.5 Å². The first-order valence-electron chi connectivity index (χ1n) is 7.45. The predicted molar refractivity (Wildman–Crippen MR) is 78.7 cm³/mol. The first-order valence-corrected chi connectivity index (χ1v) is 7.45.